The molecule has 0 radical (unpaired) electrons. The van der Waals surface area contributed by atoms with Crippen LogP contribution >= 0.6 is 15.9 Å². The summed E-state index contributed by atoms with van der Waals surface area (Å²) in [5.74, 6) is 0. The predicted molar refractivity (Wildman–Crippen MR) is 84.1 cm³/mol. The van der Waals surface area contributed by atoms with Crippen LogP contribution in [0, 0.1) is 0 Å². The third-order valence-corrected chi connectivity index (χ3v) is 6.40. The van der Waals surface area contributed by atoms with Crippen molar-refractivity contribution in [3.8, 4) is 0 Å². The first-order valence-electron chi connectivity index (χ1n) is 7.05. The highest BCUT2D eigenvalue weighted by molar-refractivity contribution is 9.10. The van der Waals surface area contributed by atoms with Crippen LogP contribution in [0.25, 0.3) is 0 Å². The van der Waals surface area contributed by atoms with Crippen LogP contribution in [-0.4, -0.2) is 32.4 Å². The van der Waals surface area contributed by atoms with Gasteiger partial charge in [-0.2, -0.15) is 4.31 Å². The summed E-state index contributed by atoms with van der Waals surface area (Å²) in [6.45, 7) is 4.85. The van der Waals surface area contributed by atoms with E-state index in [0.717, 1.165) is 31.4 Å². The lowest BCUT2D eigenvalue weighted by atomic mass is 10.2. The van der Waals surface area contributed by atoms with Crippen molar-refractivity contribution in [3.63, 3.8) is 0 Å². The summed E-state index contributed by atoms with van der Waals surface area (Å²) in [6, 6.07) is 5.54. The summed E-state index contributed by atoms with van der Waals surface area (Å²) in [7, 11) is -3.38. The highest BCUT2D eigenvalue weighted by atomic mass is 79.9. The van der Waals surface area contributed by atoms with Crippen molar-refractivity contribution in [2.45, 2.75) is 37.6 Å². The van der Waals surface area contributed by atoms with Gasteiger partial charge in [0, 0.05) is 24.1 Å². The molecule has 4 nitrogen and oxygen atoms in total. The van der Waals surface area contributed by atoms with Gasteiger partial charge in [0.25, 0.3) is 0 Å². The summed E-state index contributed by atoms with van der Waals surface area (Å²) in [6.07, 6.45) is 3.02. The first-order chi connectivity index (χ1) is 9.55. The van der Waals surface area contributed by atoms with Crippen molar-refractivity contribution in [2.75, 3.05) is 19.6 Å². The second kappa shape index (κ2) is 7.02. The van der Waals surface area contributed by atoms with Crippen molar-refractivity contribution in [3.05, 3.63) is 28.2 Å². The maximum absolute atomic E-state index is 12.7. The highest BCUT2D eigenvalue weighted by Gasteiger charge is 2.27. The molecule has 2 rings (SSSR count). The van der Waals surface area contributed by atoms with E-state index in [-0.39, 0.29) is 0 Å². The molecule has 1 N–H and O–H groups in total. The molecule has 0 spiro atoms. The maximum Gasteiger partial charge on any atom is 0.244 e. The largest absolute Gasteiger partial charge is 0.313 e. The normalized spacial score (nSPS) is 17.3. The SMILES string of the molecule is CCNCc1ccc(Br)c(S(=O)(=O)N2CCCCC2)c1. The van der Waals surface area contributed by atoms with E-state index in [9.17, 15) is 8.42 Å². The molecule has 0 aliphatic carbocycles. The molecule has 1 aromatic carbocycles. The number of nitrogens with one attached hydrogen (secondary N) is 1. The van der Waals surface area contributed by atoms with Crippen molar-refractivity contribution in [1.29, 1.82) is 0 Å². The lowest BCUT2D eigenvalue weighted by Gasteiger charge is -2.26. The first kappa shape index (κ1) is 15.9. The second-order valence-electron chi connectivity index (χ2n) is 5.01. The Hall–Kier alpha value is -0.430. The van der Waals surface area contributed by atoms with E-state index >= 15 is 0 Å². The second-order valence-corrected chi connectivity index (χ2v) is 7.77. The monoisotopic (exact) mass is 360 g/mol. The third-order valence-electron chi connectivity index (χ3n) is 3.51. The van der Waals surface area contributed by atoms with E-state index < -0.39 is 10.0 Å². The Morgan fingerprint density at radius 1 is 1.25 bits per heavy atom. The molecule has 1 aliphatic heterocycles. The fourth-order valence-corrected chi connectivity index (χ4v) is 4.86. The maximum atomic E-state index is 12.7. The molecule has 0 unspecified atom stereocenters. The molecule has 1 saturated heterocycles. The minimum absolute atomic E-state index is 0.384. The van der Waals surface area contributed by atoms with Crippen molar-refractivity contribution in [1.82, 2.24) is 9.62 Å². The zero-order valence-electron chi connectivity index (χ0n) is 11.7. The van der Waals surface area contributed by atoms with E-state index in [1.54, 1.807) is 10.4 Å². The number of halogens is 1. The number of hydrogen-bond acceptors (Lipinski definition) is 3. The van der Waals surface area contributed by atoms with Gasteiger partial charge in [-0.05, 0) is 53.0 Å². The Balaban J connectivity index is 2.29. The Morgan fingerprint density at radius 3 is 2.60 bits per heavy atom. The molecule has 112 valence electrons. The van der Waals surface area contributed by atoms with E-state index in [4.69, 9.17) is 0 Å². The van der Waals surface area contributed by atoms with Gasteiger partial charge in [-0.3, -0.25) is 0 Å². The van der Waals surface area contributed by atoms with Gasteiger partial charge in [-0.25, -0.2) is 8.42 Å². The van der Waals surface area contributed by atoms with E-state index in [1.807, 2.05) is 19.1 Å². The molecule has 6 heteroatoms. The van der Waals surface area contributed by atoms with Gasteiger partial charge < -0.3 is 5.32 Å². The Bertz CT molecular complexity index is 554. The lowest BCUT2D eigenvalue weighted by Crippen LogP contribution is -2.35. The number of rotatable bonds is 5. The number of nitrogens with zero attached hydrogens (tertiary/aromatic N) is 1. The van der Waals surface area contributed by atoms with Crippen LogP contribution in [0.5, 0.6) is 0 Å². The van der Waals surface area contributed by atoms with Crippen LogP contribution in [0.2, 0.25) is 0 Å². The van der Waals surface area contributed by atoms with E-state index in [0.29, 0.717) is 29.0 Å². The van der Waals surface area contributed by atoms with Gasteiger partial charge in [0.1, 0.15) is 0 Å². The van der Waals surface area contributed by atoms with Crippen LogP contribution in [0.15, 0.2) is 27.6 Å². The predicted octanol–water partition coefficient (Wildman–Crippen LogP) is 2.73. The highest BCUT2D eigenvalue weighted by Crippen LogP contribution is 2.28. The quantitative estimate of drug-likeness (QED) is 0.877. The summed E-state index contributed by atoms with van der Waals surface area (Å²) in [5.41, 5.74) is 0.991. The average molecular weight is 361 g/mol. The summed E-state index contributed by atoms with van der Waals surface area (Å²) in [4.78, 5) is 0.384. The number of hydrogen-bond donors (Lipinski definition) is 1. The average Bonchev–Trinajstić information content (AvgIpc) is 2.47. The molecule has 1 aliphatic rings. The zero-order chi connectivity index (χ0) is 14.6. The topological polar surface area (TPSA) is 49.4 Å². The lowest BCUT2D eigenvalue weighted by molar-refractivity contribution is 0.346. The summed E-state index contributed by atoms with van der Waals surface area (Å²) >= 11 is 3.37. The summed E-state index contributed by atoms with van der Waals surface area (Å²) in [5, 5.41) is 3.22. The van der Waals surface area contributed by atoms with E-state index in [1.165, 1.54) is 0 Å². The van der Waals surface area contributed by atoms with Crippen LogP contribution in [0.3, 0.4) is 0 Å². The van der Waals surface area contributed by atoms with Gasteiger partial charge in [0.2, 0.25) is 10.0 Å². The van der Waals surface area contributed by atoms with Crippen LogP contribution in [0.4, 0.5) is 0 Å². The molecule has 0 bridgehead atoms. The van der Waals surface area contributed by atoms with Crippen molar-refractivity contribution >= 4 is 26.0 Å². The molecule has 0 aromatic heterocycles. The van der Waals surface area contributed by atoms with Gasteiger partial charge in [0.05, 0.1) is 4.90 Å². The van der Waals surface area contributed by atoms with Crippen molar-refractivity contribution in [2.24, 2.45) is 0 Å². The van der Waals surface area contributed by atoms with Crippen LogP contribution < -0.4 is 5.32 Å². The fraction of sp³-hybridized carbons (Fsp3) is 0.571. The number of sulfonamides is 1. The molecule has 0 saturated carbocycles. The van der Waals surface area contributed by atoms with E-state index in [2.05, 4.69) is 21.2 Å². The molecule has 20 heavy (non-hydrogen) atoms. The smallest absolute Gasteiger partial charge is 0.244 e. The molecule has 1 fully saturated rings. The Labute approximate surface area is 129 Å². The minimum atomic E-state index is -3.38. The van der Waals surface area contributed by atoms with Gasteiger partial charge in [-0.15, -0.1) is 0 Å². The van der Waals surface area contributed by atoms with Crippen molar-refractivity contribution < 1.29 is 8.42 Å². The molecule has 1 heterocycles. The standard InChI is InChI=1S/C14H21BrN2O2S/c1-2-16-11-12-6-7-13(15)14(10-12)20(18,19)17-8-4-3-5-9-17/h6-7,10,16H,2-5,8-9,11H2,1H3. The fourth-order valence-electron chi connectivity index (χ4n) is 2.37. The minimum Gasteiger partial charge on any atom is -0.313 e. The van der Waals surface area contributed by atoms with Gasteiger partial charge >= 0.3 is 0 Å². The molecular weight excluding hydrogens is 340 g/mol. The van der Waals surface area contributed by atoms with Gasteiger partial charge in [0.15, 0.2) is 0 Å². The molecular formula is C14H21BrN2O2S. The number of benzene rings is 1. The Morgan fingerprint density at radius 2 is 1.95 bits per heavy atom. The Kier molecular flexibility index (Phi) is 5.60. The third kappa shape index (κ3) is 3.61. The summed E-state index contributed by atoms with van der Waals surface area (Å²) < 4.78 is 27.7. The molecule has 0 atom stereocenters. The zero-order valence-corrected chi connectivity index (χ0v) is 14.1. The molecule has 1 aromatic rings. The molecule has 0 amide bonds. The van der Waals surface area contributed by atoms with Gasteiger partial charge in [-0.1, -0.05) is 19.4 Å². The van der Waals surface area contributed by atoms with Crippen LogP contribution in [-0.2, 0) is 16.6 Å². The van der Waals surface area contributed by atoms with Crippen LogP contribution in [0.1, 0.15) is 31.7 Å². The number of piperidine rings is 1. The first-order valence-corrected chi connectivity index (χ1v) is 9.28.